The Balaban J connectivity index is 2.06. The summed E-state index contributed by atoms with van der Waals surface area (Å²) in [6, 6.07) is 8.89. The van der Waals surface area contributed by atoms with E-state index in [0.29, 0.717) is 17.9 Å². The largest absolute Gasteiger partial charge is 0.494 e. The van der Waals surface area contributed by atoms with Gasteiger partial charge >= 0.3 is 0 Å². The van der Waals surface area contributed by atoms with Crippen LogP contribution in [0.2, 0.25) is 0 Å². The van der Waals surface area contributed by atoms with E-state index in [9.17, 15) is 9.59 Å². The Morgan fingerprint density at radius 2 is 2.04 bits per heavy atom. The second-order valence-electron chi connectivity index (χ2n) is 6.98. The zero-order chi connectivity index (χ0) is 19.6. The number of methoxy groups -OCH3 is 1. The molecule has 1 amide bonds. The fourth-order valence-corrected chi connectivity index (χ4v) is 2.98. The number of aryl methyl sites for hydroxylation is 1. The highest BCUT2D eigenvalue weighted by Crippen LogP contribution is 2.33. The van der Waals surface area contributed by atoms with Crippen molar-refractivity contribution < 1.29 is 9.53 Å². The summed E-state index contributed by atoms with van der Waals surface area (Å²) in [5.41, 5.74) is 3.85. The van der Waals surface area contributed by atoms with Gasteiger partial charge in [0.05, 0.1) is 24.0 Å². The second kappa shape index (κ2) is 7.61. The maximum absolute atomic E-state index is 12.2. The number of amides is 1. The van der Waals surface area contributed by atoms with E-state index in [1.807, 2.05) is 39.0 Å². The van der Waals surface area contributed by atoms with Gasteiger partial charge in [0.25, 0.3) is 0 Å². The molecule has 2 heterocycles. The number of anilines is 1. The van der Waals surface area contributed by atoms with E-state index in [0.717, 1.165) is 27.7 Å². The van der Waals surface area contributed by atoms with Gasteiger partial charge < -0.3 is 15.0 Å². The maximum atomic E-state index is 12.2. The molecule has 0 aliphatic heterocycles. The summed E-state index contributed by atoms with van der Waals surface area (Å²) in [4.78, 5) is 30.8. The van der Waals surface area contributed by atoms with Crippen molar-refractivity contribution in [3.8, 4) is 17.0 Å². The van der Waals surface area contributed by atoms with Crippen LogP contribution in [0, 0.1) is 12.8 Å². The smallest absolute Gasteiger partial charge is 0.247 e. The number of hydrogen-bond acceptors (Lipinski definition) is 4. The van der Waals surface area contributed by atoms with Gasteiger partial charge in [-0.15, -0.1) is 0 Å². The molecule has 3 aromatic rings. The molecular formula is C21H23N3O3. The monoisotopic (exact) mass is 365 g/mol. The highest BCUT2D eigenvalue weighted by Gasteiger charge is 2.13. The molecule has 0 atom stereocenters. The number of pyridine rings is 2. The minimum atomic E-state index is -0.153. The van der Waals surface area contributed by atoms with Crippen LogP contribution in [-0.4, -0.2) is 23.0 Å². The molecule has 0 bridgehead atoms. The molecule has 27 heavy (non-hydrogen) atoms. The molecular weight excluding hydrogens is 342 g/mol. The van der Waals surface area contributed by atoms with E-state index < -0.39 is 0 Å². The fourth-order valence-electron chi connectivity index (χ4n) is 2.98. The van der Waals surface area contributed by atoms with Crippen LogP contribution < -0.4 is 15.6 Å². The minimum absolute atomic E-state index is 0.0434. The van der Waals surface area contributed by atoms with Crippen molar-refractivity contribution in [2.24, 2.45) is 5.92 Å². The van der Waals surface area contributed by atoms with Crippen molar-refractivity contribution in [2.75, 3.05) is 12.4 Å². The van der Waals surface area contributed by atoms with Gasteiger partial charge in [-0.05, 0) is 36.6 Å². The number of H-pyrrole nitrogens is 1. The molecule has 6 heteroatoms. The van der Waals surface area contributed by atoms with Gasteiger partial charge in [-0.3, -0.25) is 9.59 Å². The van der Waals surface area contributed by atoms with Crippen LogP contribution in [0.1, 0.15) is 25.8 Å². The second-order valence-corrected chi connectivity index (χ2v) is 6.98. The van der Waals surface area contributed by atoms with Crippen LogP contribution >= 0.6 is 0 Å². The highest BCUT2D eigenvalue weighted by atomic mass is 16.5. The van der Waals surface area contributed by atoms with Crippen molar-refractivity contribution >= 4 is 22.5 Å². The summed E-state index contributed by atoms with van der Waals surface area (Å²) in [6.07, 6.45) is 2.09. The molecule has 0 saturated carbocycles. The number of nitrogens with one attached hydrogen (secondary N) is 2. The van der Waals surface area contributed by atoms with E-state index in [1.165, 1.54) is 6.07 Å². The van der Waals surface area contributed by atoms with Crippen molar-refractivity contribution in [3.63, 3.8) is 0 Å². The van der Waals surface area contributed by atoms with Gasteiger partial charge in [-0.25, -0.2) is 4.98 Å². The van der Waals surface area contributed by atoms with Crippen LogP contribution in [0.25, 0.3) is 22.2 Å². The molecule has 140 valence electrons. The standard InChI is InChI=1S/C21H23N3O3/c1-12(2)7-21(26)24-18-9-15-13(3)8-16(14-5-6-20(25)22-11-14)23-17(15)10-19(18)27-4/h5-6,8-12H,7H2,1-4H3,(H,22,25)(H,24,26). The molecule has 0 fully saturated rings. The molecule has 0 unspecified atom stereocenters. The number of benzene rings is 1. The van der Waals surface area contributed by atoms with E-state index in [-0.39, 0.29) is 17.4 Å². The lowest BCUT2D eigenvalue weighted by atomic mass is 10.0. The molecule has 6 nitrogen and oxygen atoms in total. The number of fused-ring (bicyclic) bond motifs is 1. The predicted octanol–water partition coefficient (Wildman–Crippen LogP) is 3.89. The molecule has 0 saturated heterocycles. The first-order valence-corrected chi connectivity index (χ1v) is 8.85. The molecule has 3 rings (SSSR count). The number of ether oxygens (including phenoxy) is 1. The lowest BCUT2D eigenvalue weighted by Gasteiger charge is -2.14. The van der Waals surface area contributed by atoms with Crippen LogP contribution in [-0.2, 0) is 4.79 Å². The molecule has 0 radical (unpaired) electrons. The fraction of sp³-hybridized carbons (Fsp3) is 0.286. The van der Waals surface area contributed by atoms with Crippen LogP contribution in [0.3, 0.4) is 0 Å². The first-order valence-electron chi connectivity index (χ1n) is 8.85. The first-order chi connectivity index (χ1) is 12.9. The number of rotatable bonds is 5. The average molecular weight is 365 g/mol. The van der Waals surface area contributed by atoms with Gasteiger partial charge in [0.2, 0.25) is 11.5 Å². The van der Waals surface area contributed by atoms with E-state index in [4.69, 9.17) is 9.72 Å². The Bertz CT molecular complexity index is 1030. The summed E-state index contributed by atoms with van der Waals surface area (Å²) < 4.78 is 5.46. The third-order valence-electron chi connectivity index (χ3n) is 4.28. The van der Waals surface area contributed by atoms with Crippen LogP contribution in [0.15, 0.2) is 41.3 Å². The van der Waals surface area contributed by atoms with Gasteiger partial charge in [-0.2, -0.15) is 0 Å². The molecule has 2 aromatic heterocycles. The normalized spacial score (nSPS) is 11.0. The molecule has 0 aliphatic rings. The Hall–Kier alpha value is -3.15. The number of aromatic nitrogens is 2. The van der Waals surface area contributed by atoms with Crippen LogP contribution in [0.5, 0.6) is 5.75 Å². The van der Waals surface area contributed by atoms with Gasteiger partial charge in [0, 0.05) is 35.7 Å². The number of carbonyl (C=O) groups is 1. The van der Waals surface area contributed by atoms with Crippen molar-refractivity contribution in [1.29, 1.82) is 0 Å². The van der Waals surface area contributed by atoms with Crippen LogP contribution in [0.4, 0.5) is 5.69 Å². The zero-order valence-electron chi connectivity index (χ0n) is 15.9. The van der Waals surface area contributed by atoms with Gasteiger partial charge in [0.15, 0.2) is 0 Å². The first kappa shape index (κ1) is 18.6. The third-order valence-corrected chi connectivity index (χ3v) is 4.28. The van der Waals surface area contributed by atoms with Gasteiger partial charge in [-0.1, -0.05) is 13.8 Å². The number of aromatic amines is 1. The molecule has 0 spiro atoms. The van der Waals surface area contributed by atoms with E-state index in [1.54, 1.807) is 19.4 Å². The Kier molecular flexibility index (Phi) is 5.26. The number of nitrogens with zero attached hydrogens (tertiary/aromatic N) is 1. The Labute approximate surface area is 157 Å². The lowest BCUT2D eigenvalue weighted by molar-refractivity contribution is -0.116. The summed E-state index contributed by atoms with van der Waals surface area (Å²) in [5, 5.41) is 3.87. The highest BCUT2D eigenvalue weighted by molar-refractivity contribution is 5.97. The molecule has 1 aromatic carbocycles. The summed E-state index contributed by atoms with van der Waals surface area (Å²) in [7, 11) is 1.57. The maximum Gasteiger partial charge on any atom is 0.247 e. The third kappa shape index (κ3) is 4.16. The molecule has 2 N–H and O–H groups in total. The van der Waals surface area contributed by atoms with E-state index in [2.05, 4.69) is 10.3 Å². The van der Waals surface area contributed by atoms with Crippen molar-refractivity contribution in [3.05, 3.63) is 52.4 Å². The van der Waals surface area contributed by atoms with Gasteiger partial charge in [0.1, 0.15) is 5.75 Å². The van der Waals surface area contributed by atoms with E-state index >= 15 is 0 Å². The SMILES string of the molecule is COc1cc2nc(-c3ccc(=O)[nH]c3)cc(C)c2cc1NC(=O)CC(C)C. The Morgan fingerprint density at radius 3 is 2.67 bits per heavy atom. The minimum Gasteiger partial charge on any atom is -0.494 e. The molecule has 0 aliphatic carbocycles. The number of hydrogen-bond donors (Lipinski definition) is 2. The topological polar surface area (TPSA) is 84.1 Å². The predicted molar refractivity (Wildman–Crippen MR) is 107 cm³/mol. The lowest BCUT2D eigenvalue weighted by Crippen LogP contribution is -2.14. The summed E-state index contributed by atoms with van der Waals surface area (Å²) in [6.45, 7) is 6.00. The van der Waals surface area contributed by atoms with Crippen molar-refractivity contribution in [1.82, 2.24) is 9.97 Å². The quantitative estimate of drug-likeness (QED) is 0.718. The Morgan fingerprint density at radius 1 is 1.26 bits per heavy atom. The average Bonchev–Trinajstić information content (AvgIpc) is 2.61. The van der Waals surface area contributed by atoms with Crippen molar-refractivity contribution in [2.45, 2.75) is 27.2 Å². The summed E-state index contributed by atoms with van der Waals surface area (Å²) in [5.74, 6) is 0.794. The summed E-state index contributed by atoms with van der Waals surface area (Å²) >= 11 is 0. The number of carbonyl (C=O) groups excluding carboxylic acids is 1. The zero-order valence-corrected chi connectivity index (χ0v) is 15.9.